The lowest BCUT2D eigenvalue weighted by molar-refractivity contribution is 0.444. The van der Waals surface area contributed by atoms with Gasteiger partial charge in [-0.25, -0.2) is 4.98 Å². The summed E-state index contributed by atoms with van der Waals surface area (Å²) in [7, 11) is 0. The largest absolute Gasteiger partial charge is 0.324 e. The average molecular weight is 255 g/mol. The number of nitrogens with zero attached hydrogens (tertiary/aromatic N) is 1. The zero-order chi connectivity index (χ0) is 9.97. The maximum absolute atomic E-state index is 6.20. The standard InChI is InChI=1S/C11H15BrN2/c12-10-6-5-9(7-14-10)11(13)8-3-1-2-4-8/h5-8,11H,1-4,13H2/t11-/m0/s1. The van der Waals surface area contributed by atoms with Crippen LogP contribution in [0.2, 0.25) is 0 Å². The van der Waals surface area contributed by atoms with Gasteiger partial charge in [-0.2, -0.15) is 0 Å². The van der Waals surface area contributed by atoms with Crippen molar-refractivity contribution in [3.63, 3.8) is 0 Å². The zero-order valence-corrected chi connectivity index (χ0v) is 9.70. The Morgan fingerprint density at radius 3 is 2.64 bits per heavy atom. The molecule has 2 rings (SSSR count). The van der Waals surface area contributed by atoms with Crippen molar-refractivity contribution in [1.82, 2.24) is 4.98 Å². The highest BCUT2D eigenvalue weighted by Crippen LogP contribution is 2.33. The molecule has 0 amide bonds. The molecule has 0 bridgehead atoms. The highest BCUT2D eigenvalue weighted by Gasteiger charge is 2.23. The maximum atomic E-state index is 6.20. The number of rotatable bonds is 2. The van der Waals surface area contributed by atoms with E-state index in [-0.39, 0.29) is 6.04 Å². The van der Waals surface area contributed by atoms with Gasteiger partial charge >= 0.3 is 0 Å². The number of aromatic nitrogens is 1. The van der Waals surface area contributed by atoms with Crippen molar-refractivity contribution in [3.8, 4) is 0 Å². The number of nitrogens with two attached hydrogens (primary N) is 1. The van der Waals surface area contributed by atoms with Gasteiger partial charge in [-0.3, -0.25) is 0 Å². The summed E-state index contributed by atoms with van der Waals surface area (Å²) in [6.45, 7) is 0. The quantitative estimate of drug-likeness (QED) is 0.825. The fourth-order valence-electron chi connectivity index (χ4n) is 2.17. The van der Waals surface area contributed by atoms with Crippen molar-refractivity contribution in [1.29, 1.82) is 0 Å². The van der Waals surface area contributed by atoms with Gasteiger partial charge in [-0.1, -0.05) is 18.9 Å². The molecule has 1 aromatic rings. The van der Waals surface area contributed by atoms with Crippen LogP contribution in [-0.4, -0.2) is 4.98 Å². The minimum absolute atomic E-state index is 0.179. The summed E-state index contributed by atoms with van der Waals surface area (Å²) in [5.74, 6) is 0.665. The first-order valence-electron chi connectivity index (χ1n) is 5.14. The molecule has 3 heteroatoms. The molecule has 2 N–H and O–H groups in total. The summed E-state index contributed by atoms with van der Waals surface area (Å²) < 4.78 is 0.875. The SMILES string of the molecule is N[C@H](c1ccc(Br)nc1)C1CCCC1. The maximum Gasteiger partial charge on any atom is 0.106 e. The van der Waals surface area contributed by atoms with Crippen LogP contribution in [0.15, 0.2) is 22.9 Å². The van der Waals surface area contributed by atoms with Crippen LogP contribution < -0.4 is 5.73 Å². The van der Waals surface area contributed by atoms with Gasteiger partial charge in [0.05, 0.1) is 0 Å². The predicted molar refractivity (Wildman–Crippen MR) is 60.8 cm³/mol. The van der Waals surface area contributed by atoms with Crippen LogP contribution in [0, 0.1) is 5.92 Å². The molecular weight excluding hydrogens is 240 g/mol. The lowest BCUT2D eigenvalue weighted by Gasteiger charge is -2.18. The third-order valence-corrected chi connectivity index (χ3v) is 3.51. The zero-order valence-electron chi connectivity index (χ0n) is 8.12. The van der Waals surface area contributed by atoms with Crippen molar-refractivity contribution in [2.24, 2.45) is 11.7 Å². The van der Waals surface area contributed by atoms with E-state index in [9.17, 15) is 0 Å². The van der Waals surface area contributed by atoms with Crippen molar-refractivity contribution < 1.29 is 0 Å². The predicted octanol–water partition coefficient (Wildman–Crippen LogP) is 3.03. The number of hydrogen-bond donors (Lipinski definition) is 1. The van der Waals surface area contributed by atoms with Gasteiger partial charge in [0, 0.05) is 12.2 Å². The highest BCUT2D eigenvalue weighted by atomic mass is 79.9. The third kappa shape index (κ3) is 2.15. The fourth-order valence-corrected chi connectivity index (χ4v) is 2.41. The minimum Gasteiger partial charge on any atom is -0.324 e. The van der Waals surface area contributed by atoms with Crippen LogP contribution in [0.3, 0.4) is 0 Å². The Morgan fingerprint density at radius 1 is 1.36 bits per heavy atom. The van der Waals surface area contributed by atoms with E-state index in [0.717, 1.165) is 4.60 Å². The van der Waals surface area contributed by atoms with Crippen LogP contribution in [-0.2, 0) is 0 Å². The number of hydrogen-bond acceptors (Lipinski definition) is 2. The Hall–Kier alpha value is -0.410. The van der Waals surface area contributed by atoms with Crippen molar-refractivity contribution in [3.05, 3.63) is 28.5 Å². The fraction of sp³-hybridized carbons (Fsp3) is 0.545. The van der Waals surface area contributed by atoms with Gasteiger partial charge < -0.3 is 5.73 Å². The van der Waals surface area contributed by atoms with E-state index in [2.05, 4.69) is 27.0 Å². The summed E-state index contributed by atoms with van der Waals surface area (Å²) >= 11 is 3.33. The normalized spacial score (nSPS) is 19.9. The van der Waals surface area contributed by atoms with Crippen LogP contribution >= 0.6 is 15.9 Å². The summed E-state index contributed by atoms with van der Waals surface area (Å²) in [6, 6.07) is 4.21. The Kier molecular flexibility index (Phi) is 3.19. The molecule has 1 aromatic heterocycles. The van der Waals surface area contributed by atoms with Crippen molar-refractivity contribution >= 4 is 15.9 Å². The Labute approximate surface area is 93.0 Å². The Morgan fingerprint density at radius 2 is 2.07 bits per heavy atom. The second-order valence-corrected chi connectivity index (χ2v) is 4.80. The molecule has 1 aliphatic rings. The first kappa shape index (κ1) is 10.1. The molecule has 14 heavy (non-hydrogen) atoms. The average Bonchev–Trinajstić information content (AvgIpc) is 2.71. The van der Waals surface area contributed by atoms with E-state index in [0.29, 0.717) is 5.92 Å². The number of pyridine rings is 1. The first-order chi connectivity index (χ1) is 6.77. The van der Waals surface area contributed by atoms with Gasteiger partial charge in [-0.15, -0.1) is 0 Å². The van der Waals surface area contributed by atoms with Crippen LogP contribution in [0.5, 0.6) is 0 Å². The van der Waals surface area contributed by atoms with Crippen molar-refractivity contribution in [2.75, 3.05) is 0 Å². The van der Waals surface area contributed by atoms with Crippen LogP contribution in [0.4, 0.5) is 0 Å². The molecule has 0 saturated heterocycles. The summed E-state index contributed by atoms with van der Waals surface area (Å²) in [4.78, 5) is 4.21. The molecule has 1 heterocycles. The molecular formula is C11H15BrN2. The van der Waals surface area contributed by atoms with Gasteiger partial charge in [0.15, 0.2) is 0 Å². The molecule has 2 nitrogen and oxygen atoms in total. The molecule has 1 aliphatic carbocycles. The Bertz CT molecular complexity index is 291. The molecule has 76 valence electrons. The van der Waals surface area contributed by atoms with Crippen molar-refractivity contribution in [2.45, 2.75) is 31.7 Å². The number of halogens is 1. The molecule has 1 atom stereocenters. The van der Waals surface area contributed by atoms with E-state index in [1.165, 1.54) is 31.2 Å². The monoisotopic (exact) mass is 254 g/mol. The first-order valence-corrected chi connectivity index (χ1v) is 5.93. The minimum atomic E-state index is 0.179. The molecule has 1 saturated carbocycles. The molecule has 0 aliphatic heterocycles. The van der Waals surface area contributed by atoms with Gasteiger partial charge in [0.1, 0.15) is 4.60 Å². The second-order valence-electron chi connectivity index (χ2n) is 3.98. The molecule has 0 aromatic carbocycles. The smallest absolute Gasteiger partial charge is 0.106 e. The van der Waals surface area contributed by atoms with E-state index in [4.69, 9.17) is 5.73 Å². The summed E-state index contributed by atoms with van der Waals surface area (Å²) in [5, 5.41) is 0. The van der Waals surface area contributed by atoms with E-state index in [1.807, 2.05) is 12.3 Å². The highest BCUT2D eigenvalue weighted by molar-refractivity contribution is 9.10. The van der Waals surface area contributed by atoms with Gasteiger partial charge in [0.2, 0.25) is 0 Å². The molecule has 1 fully saturated rings. The lowest BCUT2D eigenvalue weighted by atomic mass is 9.94. The lowest BCUT2D eigenvalue weighted by Crippen LogP contribution is -2.19. The second kappa shape index (κ2) is 4.41. The third-order valence-electron chi connectivity index (χ3n) is 3.04. The van der Waals surface area contributed by atoms with E-state index in [1.54, 1.807) is 0 Å². The molecule has 0 spiro atoms. The summed E-state index contributed by atoms with van der Waals surface area (Å²) in [6.07, 6.45) is 7.10. The summed E-state index contributed by atoms with van der Waals surface area (Å²) in [5.41, 5.74) is 7.36. The molecule has 0 unspecified atom stereocenters. The van der Waals surface area contributed by atoms with Crippen LogP contribution in [0.1, 0.15) is 37.3 Å². The van der Waals surface area contributed by atoms with Crippen LogP contribution in [0.25, 0.3) is 0 Å². The van der Waals surface area contributed by atoms with Gasteiger partial charge in [-0.05, 0) is 46.3 Å². The Balaban J connectivity index is 2.09. The van der Waals surface area contributed by atoms with Gasteiger partial charge in [0.25, 0.3) is 0 Å². The topological polar surface area (TPSA) is 38.9 Å². The van der Waals surface area contributed by atoms with E-state index >= 15 is 0 Å². The molecule has 0 radical (unpaired) electrons. The van der Waals surface area contributed by atoms with E-state index < -0.39 is 0 Å².